The molecule has 0 aliphatic heterocycles. The lowest BCUT2D eigenvalue weighted by Crippen LogP contribution is -2.23. The van der Waals surface area contributed by atoms with Crippen LogP contribution < -0.4 is 16.0 Å². The van der Waals surface area contributed by atoms with Gasteiger partial charge in [-0.25, -0.2) is 0 Å². The zero-order chi connectivity index (χ0) is 14.5. The summed E-state index contributed by atoms with van der Waals surface area (Å²) in [6.07, 6.45) is 0.894. The molecule has 1 amide bonds. The van der Waals surface area contributed by atoms with Gasteiger partial charge in [0.2, 0.25) is 0 Å². The first kappa shape index (κ1) is 13.9. The molecular weight excluding hydrogens is 256 g/mol. The van der Waals surface area contributed by atoms with Crippen molar-refractivity contribution in [3.05, 3.63) is 52.3 Å². The summed E-state index contributed by atoms with van der Waals surface area (Å²) >= 11 is 0. The summed E-state index contributed by atoms with van der Waals surface area (Å²) in [5, 5.41) is 0. The van der Waals surface area contributed by atoms with E-state index in [4.69, 9.17) is 10.5 Å². The van der Waals surface area contributed by atoms with E-state index < -0.39 is 11.5 Å². The third-order valence-electron chi connectivity index (χ3n) is 2.81. The lowest BCUT2D eigenvalue weighted by Gasteiger charge is -2.10. The van der Waals surface area contributed by atoms with E-state index >= 15 is 0 Å². The molecule has 2 aromatic rings. The third kappa shape index (κ3) is 2.88. The van der Waals surface area contributed by atoms with Crippen molar-refractivity contribution in [2.24, 2.45) is 5.73 Å². The van der Waals surface area contributed by atoms with Gasteiger partial charge in [-0.05, 0) is 30.7 Å². The van der Waals surface area contributed by atoms with Gasteiger partial charge in [-0.1, -0.05) is 19.1 Å². The lowest BCUT2D eigenvalue weighted by atomic mass is 10.1. The van der Waals surface area contributed by atoms with Crippen molar-refractivity contribution in [1.82, 2.24) is 4.98 Å². The normalized spacial score (nSPS) is 10.2. The molecule has 5 nitrogen and oxygen atoms in total. The maximum atomic E-state index is 11.8. The summed E-state index contributed by atoms with van der Waals surface area (Å²) in [6, 6.07) is 10.5. The van der Waals surface area contributed by atoms with Crippen molar-refractivity contribution in [1.29, 1.82) is 0 Å². The predicted molar refractivity (Wildman–Crippen MR) is 76.8 cm³/mol. The number of amides is 1. The summed E-state index contributed by atoms with van der Waals surface area (Å²) in [5.41, 5.74) is 5.92. The molecule has 20 heavy (non-hydrogen) atoms. The molecule has 0 atom stereocenters. The molecule has 2 rings (SSSR count). The smallest absolute Gasteiger partial charge is 0.261 e. The molecule has 0 unspecified atom stereocenters. The SMILES string of the molecule is CCCOc1ccccc1-c1ccc(C(N)=O)c(=O)[nH]1. The van der Waals surface area contributed by atoms with Crippen LogP contribution in [0.4, 0.5) is 0 Å². The standard InChI is InChI=1S/C15H16N2O3/c1-2-9-20-13-6-4-3-5-10(13)12-8-7-11(14(16)18)15(19)17-12/h3-8H,2,9H2,1H3,(H2,16,18)(H,17,19). The third-order valence-corrected chi connectivity index (χ3v) is 2.81. The van der Waals surface area contributed by atoms with Crippen LogP contribution in [0, 0.1) is 0 Å². The zero-order valence-electron chi connectivity index (χ0n) is 11.2. The van der Waals surface area contributed by atoms with Crippen molar-refractivity contribution in [2.75, 3.05) is 6.61 Å². The minimum Gasteiger partial charge on any atom is -0.493 e. The fourth-order valence-electron chi connectivity index (χ4n) is 1.85. The highest BCUT2D eigenvalue weighted by Gasteiger charge is 2.10. The van der Waals surface area contributed by atoms with E-state index in [9.17, 15) is 9.59 Å². The fourth-order valence-corrected chi connectivity index (χ4v) is 1.85. The topological polar surface area (TPSA) is 85.2 Å². The Bertz CT molecular complexity index is 677. The number of hydrogen-bond acceptors (Lipinski definition) is 3. The number of aromatic amines is 1. The number of primary amides is 1. The number of ether oxygens (including phenoxy) is 1. The largest absolute Gasteiger partial charge is 0.493 e. The number of hydrogen-bond donors (Lipinski definition) is 2. The van der Waals surface area contributed by atoms with Crippen LogP contribution in [-0.4, -0.2) is 17.5 Å². The molecule has 5 heteroatoms. The van der Waals surface area contributed by atoms with Crippen LogP contribution >= 0.6 is 0 Å². The van der Waals surface area contributed by atoms with Gasteiger partial charge in [0.1, 0.15) is 11.3 Å². The van der Waals surface area contributed by atoms with E-state index in [2.05, 4.69) is 4.98 Å². The van der Waals surface area contributed by atoms with Gasteiger partial charge in [0.15, 0.2) is 0 Å². The molecule has 1 heterocycles. The highest BCUT2D eigenvalue weighted by molar-refractivity contribution is 5.92. The molecule has 0 spiro atoms. The molecule has 0 bridgehead atoms. The molecule has 0 fully saturated rings. The Morgan fingerprint density at radius 3 is 2.65 bits per heavy atom. The second kappa shape index (κ2) is 6.06. The van der Waals surface area contributed by atoms with Gasteiger partial charge in [0, 0.05) is 5.56 Å². The first-order valence-corrected chi connectivity index (χ1v) is 6.38. The molecule has 0 radical (unpaired) electrons. The monoisotopic (exact) mass is 272 g/mol. The molecule has 3 N–H and O–H groups in total. The summed E-state index contributed by atoms with van der Waals surface area (Å²) in [4.78, 5) is 25.5. The minimum absolute atomic E-state index is 0.0549. The molecular formula is C15H16N2O3. The molecule has 0 saturated carbocycles. The van der Waals surface area contributed by atoms with Gasteiger partial charge in [-0.2, -0.15) is 0 Å². The highest BCUT2D eigenvalue weighted by Crippen LogP contribution is 2.27. The summed E-state index contributed by atoms with van der Waals surface area (Å²) in [7, 11) is 0. The van der Waals surface area contributed by atoms with Crippen molar-refractivity contribution in [2.45, 2.75) is 13.3 Å². The van der Waals surface area contributed by atoms with Crippen molar-refractivity contribution in [3.8, 4) is 17.0 Å². The number of nitrogens with one attached hydrogen (secondary N) is 1. The van der Waals surface area contributed by atoms with Gasteiger partial charge in [0.05, 0.1) is 12.3 Å². The molecule has 0 aliphatic carbocycles. The number of pyridine rings is 1. The number of para-hydroxylation sites is 1. The van der Waals surface area contributed by atoms with E-state index in [-0.39, 0.29) is 5.56 Å². The summed E-state index contributed by atoms with van der Waals surface area (Å²) < 4.78 is 5.64. The fraction of sp³-hybridized carbons (Fsp3) is 0.200. The Balaban J connectivity index is 2.44. The van der Waals surface area contributed by atoms with E-state index in [1.807, 2.05) is 31.2 Å². The van der Waals surface area contributed by atoms with Gasteiger partial charge in [-0.3, -0.25) is 9.59 Å². The van der Waals surface area contributed by atoms with Crippen LogP contribution in [0.2, 0.25) is 0 Å². The number of carbonyl (C=O) groups excluding carboxylic acids is 1. The maximum absolute atomic E-state index is 11.8. The maximum Gasteiger partial charge on any atom is 0.261 e. The van der Waals surface area contributed by atoms with E-state index in [0.717, 1.165) is 12.0 Å². The van der Waals surface area contributed by atoms with Crippen LogP contribution in [0.1, 0.15) is 23.7 Å². The Kier molecular flexibility index (Phi) is 4.20. The number of carbonyl (C=O) groups is 1. The molecule has 104 valence electrons. The van der Waals surface area contributed by atoms with Gasteiger partial charge < -0.3 is 15.5 Å². The second-order valence-corrected chi connectivity index (χ2v) is 4.32. The number of aromatic nitrogens is 1. The van der Waals surface area contributed by atoms with Crippen LogP contribution in [0.25, 0.3) is 11.3 Å². The van der Waals surface area contributed by atoms with E-state index in [0.29, 0.717) is 18.1 Å². The van der Waals surface area contributed by atoms with Crippen molar-refractivity contribution >= 4 is 5.91 Å². The average Bonchev–Trinajstić information content (AvgIpc) is 2.45. The quantitative estimate of drug-likeness (QED) is 0.872. The van der Waals surface area contributed by atoms with E-state index in [1.54, 1.807) is 6.07 Å². The molecule has 0 saturated heterocycles. The molecule has 1 aromatic heterocycles. The van der Waals surface area contributed by atoms with Crippen LogP contribution in [0.5, 0.6) is 5.75 Å². The number of nitrogens with two attached hydrogens (primary N) is 1. The van der Waals surface area contributed by atoms with Crippen molar-refractivity contribution in [3.63, 3.8) is 0 Å². The number of rotatable bonds is 5. The first-order valence-electron chi connectivity index (χ1n) is 6.38. The van der Waals surface area contributed by atoms with Crippen LogP contribution in [-0.2, 0) is 0 Å². The first-order chi connectivity index (χ1) is 9.63. The van der Waals surface area contributed by atoms with Gasteiger partial charge in [0.25, 0.3) is 11.5 Å². The number of H-pyrrole nitrogens is 1. The predicted octanol–water partition coefficient (Wildman–Crippen LogP) is 1.93. The molecule has 0 aliphatic rings. The van der Waals surface area contributed by atoms with E-state index in [1.165, 1.54) is 6.07 Å². The lowest BCUT2D eigenvalue weighted by molar-refractivity contribution is 0.0999. The summed E-state index contributed by atoms with van der Waals surface area (Å²) in [5.74, 6) is -0.0508. The Morgan fingerprint density at radius 2 is 2.00 bits per heavy atom. The average molecular weight is 272 g/mol. The zero-order valence-corrected chi connectivity index (χ0v) is 11.2. The Labute approximate surface area is 116 Å². The van der Waals surface area contributed by atoms with Crippen LogP contribution in [0.15, 0.2) is 41.2 Å². The molecule has 1 aromatic carbocycles. The van der Waals surface area contributed by atoms with Gasteiger partial charge in [-0.15, -0.1) is 0 Å². The number of benzene rings is 1. The summed E-state index contributed by atoms with van der Waals surface area (Å²) in [6.45, 7) is 2.62. The van der Waals surface area contributed by atoms with Crippen LogP contribution in [0.3, 0.4) is 0 Å². The second-order valence-electron chi connectivity index (χ2n) is 4.32. The minimum atomic E-state index is -0.742. The Hall–Kier alpha value is -2.56. The van der Waals surface area contributed by atoms with Gasteiger partial charge >= 0.3 is 0 Å². The van der Waals surface area contributed by atoms with Crippen molar-refractivity contribution < 1.29 is 9.53 Å². The highest BCUT2D eigenvalue weighted by atomic mass is 16.5. The Morgan fingerprint density at radius 1 is 1.25 bits per heavy atom.